The summed E-state index contributed by atoms with van der Waals surface area (Å²) in [5.41, 5.74) is 0. The van der Waals surface area contributed by atoms with E-state index in [9.17, 15) is 0 Å². The molecule has 0 bridgehead atoms. The van der Waals surface area contributed by atoms with Crippen LogP contribution in [0.2, 0.25) is 0 Å². The first kappa shape index (κ1) is 43.1. The van der Waals surface area contributed by atoms with Gasteiger partial charge in [-0.05, 0) is 0 Å². The third-order valence-electron chi connectivity index (χ3n) is 0. The molecular weight excluding hydrogens is 179 g/mol. The van der Waals surface area contributed by atoms with Crippen molar-refractivity contribution in [2.75, 3.05) is 0 Å². The van der Waals surface area contributed by atoms with Crippen molar-refractivity contribution in [1.82, 2.24) is 0 Å². The minimum absolute atomic E-state index is 0. The van der Waals surface area contributed by atoms with E-state index in [4.69, 9.17) is 0 Å². The van der Waals surface area contributed by atoms with Gasteiger partial charge in [0.25, 0.3) is 0 Å². The summed E-state index contributed by atoms with van der Waals surface area (Å²) >= 11 is 0. The van der Waals surface area contributed by atoms with Crippen LogP contribution in [0.1, 0.15) is 4.28 Å². The molecule has 0 aromatic carbocycles. The molecule has 21 valence electrons. The quantitative estimate of drug-likeness (QED) is 0.335. The zero-order chi connectivity index (χ0) is 0. The van der Waals surface area contributed by atoms with Gasteiger partial charge in [-0.2, -0.15) is 0 Å². The molecular formula is H6AlLiMgMnZn. The zero-order valence-corrected chi connectivity index (χ0v) is 8.35. The van der Waals surface area contributed by atoms with E-state index in [2.05, 4.69) is 0 Å². The van der Waals surface area contributed by atoms with Crippen molar-refractivity contribution in [3.05, 3.63) is 0 Å². The Kier molecular flexibility index (Phi) is 240. The van der Waals surface area contributed by atoms with Crippen molar-refractivity contribution in [1.29, 1.82) is 0 Å². The van der Waals surface area contributed by atoms with Crippen LogP contribution in [0.3, 0.4) is 0 Å². The van der Waals surface area contributed by atoms with E-state index in [1.807, 2.05) is 0 Å². The van der Waals surface area contributed by atoms with Gasteiger partial charge in [-0.15, -0.1) is 0 Å². The molecule has 0 saturated heterocycles. The number of hydrogen-bond donors (Lipinski definition) is 0. The summed E-state index contributed by atoms with van der Waals surface area (Å²) in [5.74, 6) is 0. The van der Waals surface area contributed by atoms with Gasteiger partial charge in [0.2, 0.25) is 0 Å². The molecule has 0 aromatic rings. The fraction of sp³-hybridized carbons (Fsp3) is 0. The molecule has 0 aliphatic carbocycles. The first-order valence-corrected chi connectivity index (χ1v) is 0. The predicted molar refractivity (Wildman–Crippen MR) is 19.0 cm³/mol. The summed E-state index contributed by atoms with van der Waals surface area (Å²) in [4.78, 5) is 0. The van der Waals surface area contributed by atoms with Crippen LogP contribution in [0, 0.1) is 0 Å². The Bertz CT molecular complexity index is 19.2. The van der Waals surface area contributed by atoms with Crippen molar-refractivity contribution < 1.29 is 59.7 Å². The van der Waals surface area contributed by atoms with Gasteiger partial charge in [-0.3, -0.25) is 0 Å². The molecule has 0 nitrogen and oxygen atoms in total. The molecule has 0 aliphatic heterocycles. The Labute approximate surface area is 98.7 Å². The second-order valence-corrected chi connectivity index (χ2v) is 0. The summed E-state index contributed by atoms with van der Waals surface area (Å²) in [6.07, 6.45) is 0. The molecule has 0 aliphatic rings. The average Bonchev–Trinajstić information content (AvgIpc) is 0. The van der Waals surface area contributed by atoms with E-state index in [1.54, 1.807) is 0 Å². The van der Waals surface area contributed by atoms with Crippen LogP contribution in [0.5, 0.6) is 0 Å². The molecule has 0 aromatic heterocycles. The van der Waals surface area contributed by atoms with E-state index < -0.39 is 0 Å². The molecule has 0 rings (SSSR count). The summed E-state index contributed by atoms with van der Waals surface area (Å²) in [6, 6.07) is 0. The van der Waals surface area contributed by atoms with Gasteiger partial charge in [0.05, 0.1) is 0 Å². The van der Waals surface area contributed by atoms with Crippen LogP contribution in [-0.4, -0.2) is 40.4 Å². The summed E-state index contributed by atoms with van der Waals surface area (Å²) in [7, 11) is 0. The largest absolute Gasteiger partial charge is 2.00 e. The topological polar surface area (TPSA) is 0 Å². The molecule has 0 fully saturated rings. The van der Waals surface area contributed by atoms with E-state index in [0.29, 0.717) is 0 Å². The second kappa shape index (κ2) is 27.8. The van der Waals surface area contributed by atoms with Gasteiger partial charge in [0.15, 0.2) is 17.4 Å². The Morgan fingerprint density at radius 1 is 1.20 bits per heavy atom. The zero-order valence-electron chi connectivity index (χ0n) is 5.79. The minimum atomic E-state index is 0. The van der Waals surface area contributed by atoms with Crippen LogP contribution < -0.4 is 18.9 Å². The third-order valence-corrected chi connectivity index (χ3v) is 0. The van der Waals surface area contributed by atoms with Gasteiger partial charge in [-0.25, -0.2) is 0 Å². The molecule has 0 unspecified atom stereocenters. The van der Waals surface area contributed by atoms with Gasteiger partial charge < -0.3 is 4.28 Å². The van der Waals surface area contributed by atoms with E-state index in [-0.39, 0.29) is 100 Å². The Balaban J connectivity index is 0. The summed E-state index contributed by atoms with van der Waals surface area (Å²) in [5, 5.41) is 0. The molecule has 0 spiro atoms. The van der Waals surface area contributed by atoms with E-state index >= 15 is 0 Å². The van der Waals surface area contributed by atoms with Crippen molar-refractivity contribution in [2.45, 2.75) is 0 Å². The molecule has 0 amide bonds. The number of rotatable bonds is 0. The molecule has 5 heteroatoms. The second-order valence-electron chi connectivity index (χ2n) is 0. The normalized spacial score (nSPS) is 0. The first-order chi connectivity index (χ1) is 0. The fourth-order valence-electron chi connectivity index (χ4n) is 0. The fourth-order valence-corrected chi connectivity index (χ4v) is 0. The number of hydrogen-bond acceptors (Lipinski definition) is 0. The summed E-state index contributed by atoms with van der Waals surface area (Å²) in [6.45, 7) is 0. The molecule has 0 N–H and O–H groups in total. The van der Waals surface area contributed by atoms with Crippen molar-refractivity contribution in [3.8, 4) is 0 Å². The van der Waals surface area contributed by atoms with Crippen LogP contribution in [0.15, 0.2) is 0 Å². The monoisotopic (exact) mass is 183 g/mol. The maximum Gasteiger partial charge on any atom is 2.00 e. The molecule has 0 atom stereocenters. The Hall–Kier alpha value is 3.04. The molecule has 5 heavy (non-hydrogen) atoms. The van der Waals surface area contributed by atoms with E-state index in [0.717, 1.165) is 0 Å². The van der Waals surface area contributed by atoms with Crippen molar-refractivity contribution in [2.24, 2.45) is 0 Å². The van der Waals surface area contributed by atoms with Crippen molar-refractivity contribution >= 4 is 40.4 Å². The SMILES string of the molecule is [AlH3].[H-].[H-].[H-].[Li+].[Mg+2].[Mn].[Zn]. The average molecular weight is 185 g/mol. The Morgan fingerprint density at radius 2 is 1.20 bits per heavy atom. The predicted octanol–water partition coefficient (Wildman–Crippen LogP) is -4.23. The first-order valence-electron chi connectivity index (χ1n) is 0. The van der Waals surface area contributed by atoms with Gasteiger partial charge in [0.1, 0.15) is 0 Å². The van der Waals surface area contributed by atoms with Crippen LogP contribution in [-0.2, 0) is 36.5 Å². The van der Waals surface area contributed by atoms with Gasteiger partial charge in [0, 0.05) is 36.5 Å². The van der Waals surface area contributed by atoms with Crippen molar-refractivity contribution in [3.63, 3.8) is 0 Å². The smallest absolute Gasteiger partial charge is 1.00 e. The van der Waals surface area contributed by atoms with Gasteiger partial charge in [-0.1, -0.05) is 0 Å². The molecule has 1 radical (unpaired) electrons. The standard InChI is InChI=1S/Al.Li.Mg.Mn.Zn.6H/q;+1;+2;;;;;;3*-1. The van der Waals surface area contributed by atoms with Crippen LogP contribution >= 0.6 is 0 Å². The third kappa shape index (κ3) is 19.4. The van der Waals surface area contributed by atoms with E-state index in [1.165, 1.54) is 0 Å². The maximum atomic E-state index is 0. The van der Waals surface area contributed by atoms with Crippen LogP contribution in [0.4, 0.5) is 0 Å². The van der Waals surface area contributed by atoms with Gasteiger partial charge >= 0.3 is 41.9 Å². The minimum Gasteiger partial charge on any atom is -1.00 e. The Morgan fingerprint density at radius 3 is 1.20 bits per heavy atom. The van der Waals surface area contributed by atoms with Crippen LogP contribution in [0.25, 0.3) is 0 Å². The molecule has 0 saturated carbocycles. The summed E-state index contributed by atoms with van der Waals surface area (Å²) < 4.78 is 0. The molecule has 0 heterocycles. The maximum absolute atomic E-state index is 0.